The first-order valence-electron chi connectivity index (χ1n) is 11.2. The second-order valence-corrected chi connectivity index (χ2v) is 10.1. The van der Waals surface area contributed by atoms with Crippen molar-refractivity contribution in [2.24, 2.45) is 0 Å². The molecule has 0 N–H and O–H groups in total. The number of nitrogens with zero attached hydrogens (tertiary/aromatic N) is 2. The van der Waals surface area contributed by atoms with Crippen LogP contribution in [0.15, 0.2) is 36.4 Å². The van der Waals surface area contributed by atoms with Crippen molar-refractivity contribution in [2.45, 2.75) is 63.8 Å². The van der Waals surface area contributed by atoms with Gasteiger partial charge >= 0.3 is 6.09 Å². The van der Waals surface area contributed by atoms with Gasteiger partial charge in [-0.2, -0.15) is 0 Å². The van der Waals surface area contributed by atoms with Gasteiger partial charge in [0.05, 0.1) is 30.6 Å². The number of ether oxygens (including phenoxy) is 3. The molecule has 2 bridgehead atoms. The smallest absolute Gasteiger partial charge is 0.411 e. The number of halogens is 1. The molecule has 2 aromatic carbocycles. The number of ketones is 1. The summed E-state index contributed by atoms with van der Waals surface area (Å²) in [6.45, 7) is 5.50. The molecular formula is C25H27ClN2O5. The Balaban J connectivity index is 1.55. The summed E-state index contributed by atoms with van der Waals surface area (Å²) < 4.78 is 17.3. The number of Topliss-reactive ketones (excluding diaryl/α,β-unsaturated/α-hetero) is 1. The summed E-state index contributed by atoms with van der Waals surface area (Å²) in [4.78, 5) is 30.4. The number of amides is 1. The molecular weight excluding hydrogens is 444 g/mol. The van der Waals surface area contributed by atoms with Gasteiger partial charge in [0, 0.05) is 17.1 Å². The molecule has 0 aromatic heterocycles. The van der Waals surface area contributed by atoms with E-state index in [1.165, 1.54) is 0 Å². The molecule has 5 rings (SSSR count). The topological polar surface area (TPSA) is 68.3 Å². The molecule has 1 amide bonds. The van der Waals surface area contributed by atoms with Crippen LogP contribution in [0.3, 0.4) is 0 Å². The second-order valence-electron chi connectivity index (χ2n) is 9.68. The highest BCUT2D eigenvalue weighted by Crippen LogP contribution is 2.53. The first-order chi connectivity index (χ1) is 15.7. The molecule has 3 aliphatic heterocycles. The number of benzene rings is 2. The predicted molar refractivity (Wildman–Crippen MR) is 125 cm³/mol. The molecule has 3 aliphatic rings. The monoisotopic (exact) mass is 470 g/mol. The van der Waals surface area contributed by atoms with Crippen molar-refractivity contribution >= 4 is 34.9 Å². The summed E-state index contributed by atoms with van der Waals surface area (Å²) in [5.74, 6) is 1.69. The van der Waals surface area contributed by atoms with Crippen molar-refractivity contribution in [3.05, 3.63) is 41.4 Å². The molecule has 2 fully saturated rings. The number of carbonyl (C=O) groups is 2. The lowest BCUT2D eigenvalue weighted by Crippen LogP contribution is -2.58. The van der Waals surface area contributed by atoms with Gasteiger partial charge in [-0.25, -0.2) is 4.79 Å². The number of carbonyl (C=O) groups excluding carboxylic acids is 2. The quantitative estimate of drug-likeness (QED) is 0.560. The van der Waals surface area contributed by atoms with Gasteiger partial charge in [-0.05, 0) is 64.3 Å². The Morgan fingerprint density at radius 3 is 2.64 bits per heavy atom. The molecule has 8 heteroatoms. The Labute approximate surface area is 198 Å². The van der Waals surface area contributed by atoms with Gasteiger partial charge in [0.15, 0.2) is 23.0 Å². The fourth-order valence-electron chi connectivity index (χ4n) is 5.11. The Hall–Kier alpha value is -2.93. The lowest BCUT2D eigenvalue weighted by molar-refractivity contribution is -0.127. The van der Waals surface area contributed by atoms with Gasteiger partial charge in [0.1, 0.15) is 5.60 Å². The molecule has 3 heterocycles. The minimum Gasteiger partial charge on any atom is -0.493 e. The van der Waals surface area contributed by atoms with Gasteiger partial charge in [0.2, 0.25) is 0 Å². The van der Waals surface area contributed by atoms with Crippen LogP contribution in [-0.2, 0) is 9.53 Å². The van der Waals surface area contributed by atoms with Crippen molar-refractivity contribution < 1.29 is 23.8 Å². The summed E-state index contributed by atoms with van der Waals surface area (Å²) in [5, 5.41) is 0.540. The number of rotatable bonds is 2. The van der Waals surface area contributed by atoms with Crippen LogP contribution in [0.4, 0.5) is 16.2 Å². The number of anilines is 2. The van der Waals surface area contributed by atoms with Crippen LogP contribution in [-0.4, -0.2) is 47.6 Å². The fraction of sp³-hybridized carbons (Fsp3) is 0.440. The maximum absolute atomic E-state index is 13.8. The Bertz CT molecular complexity index is 1130. The third kappa shape index (κ3) is 3.68. The highest BCUT2D eigenvalue weighted by molar-refractivity contribution is 6.30. The lowest BCUT2D eigenvalue weighted by atomic mass is 9.93. The molecule has 2 aromatic rings. The van der Waals surface area contributed by atoms with Crippen LogP contribution < -0.4 is 14.4 Å². The average Bonchev–Trinajstić information content (AvgIpc) is 3.10. The highest BCUT2D eigenvalue weighted by Gasteiger charge is 2.52. The zero-order chi connectivity index (χ0) is 23.5. The van der Waals surface area contributed by atoms with E-state index in [0.717, 1.165) is 17.8 Å². The number of hydrogen-bond donors (Lipinski definition) is 0. The van der Waals surface area contributed by atoms with Crippen molar-refractivity contribution in [1.29, 1.82) is 0 Å². The van der Waals surface area contributed by atoms with E-state index < -0.39 is 23.8 Å². The first-order valence-corrected chi connectivity index (χ1v) is 11.5. The maximum atomic E-state index is 13.8. The molecule has 2 saturated heterocycles. The Morgan fingerprint density at radius 2 is 1.91 bits per heavy atom. The molecule has 33 heavy (non-hydrogen) atoms. The van der Waals surface area contributed by atoms with E-state index in [9.17, 15) is 9.59 Å². The van der Waals surface area contributed by atoms with E-state index in [1.54, 1.807) is 24.1 Å². The van der Waals surface area contributed by atoms with E-state index in [4.69, 9.17) is 25.8 Å². The fourth-order valence-corrected chi connectivity index (χ4v) is 5.28. The minimum atomic E-state index is -0.617. The summed E-state index contributed by atoms with van der Waals surface area (Å²) in [5.41, 5.74) is 0.908. The summed E-state index contributed by atoms with van der Waals surface area (Å²) in [6, 6.07) is 10.0. The number of methoxy groups -OCH3 is 1. The van der Waals surface area contributed by atoms with E-state index >= 15 is 0 Å². The zero-order valence-electron chi connectivity index (χ0n) is 19.1. The normalized spacial score (nSPS) is 23.5. The summed E-state index contributed by atoms with van der Waals surface area (Å²) >= 11 is 6.25. The third-order valence-electron chi connectivity index (χ3n) is 6.40. The number of piperidine rings is 1. The van der Waals surface area contributed by atoms with Crippen LogP contribution >= 0.6 is 11.6 Å². The average molecular weight is 471 g/mol. The van der Waals surface area contributed by atoms with Gasteiger partial charge in [0.25, 0.3) is 0 Å². The van der Waals surface area contributed by atoms with Crippen LogP contribution in [0.1, 0.15) is 40.0 Å². The maximum Gasteiger partial charge on any atom is 0.411 e. The first kappa shape index (κ1) is 21.9. The van der Waals surface area contributed by atoms with E-state index in [2.05, 4.69) is 0 Å². The Morgan fingerprint density at radius 1 is 1.12 bits per heavy atom. The van der Waals surface area contributed by atoms with E-state index in [-0.39, 0.29) is 11.8 Å². The standard InChI is InChI=1S/C25H27ClN2O5/c1-25(2,3)33-24(30)27-15-9-11-17(27)22(29)19(13-15)28-16-10-8-14(26)12-21(16)32-23-18(28)6-5-7-20(23)31-4/h5-8,10,12,15,17,19H,9,11,13H2,1-4H3. The van der Waals surface area contributed by atoms with Crippen LogP contribution in [0, 0.1) is 0 Å². The minimum absolute atomic E-state index is 0.00572. The Kier molecular flexibility index (Phi) is 5.20. The third-order valence-corrected chi connectivity index (χ3v) is 6.64. The lowest BCUT2D eigenvalue weighted by Gasteiger charge is -2.44. The van der Waals surface area contributed by atoms with Crippen LogP contribution in [0.5, 0.6) is 17.2 Å². The van der Waals surface area contributed by atoms with Crippen LogP contribution in [0.2, 0.25) is 5.02 Å². The van der Waals surface area contributed by atoms with Crippen molar-refractivity contribution in [3.8, 4) is 17.2 Å². The van der Waals surface area contributed by atoms with Crippen molar-refractivity contribution in [3.63, 3.8) is 0 Å². The molecule has 7 nitrogen and oxygen atoms in total. The van der Waals surface area contributed by atoms with E-state index in [0.29, 0.717) is 35.1 Å². The van der Waals surface area contributed by atoms with Crippen molar-refractivity contribution in [2.75, 3.05) is 12.0 Å². The highest BCUT2D eigenvalue weighted by atomic mass is 35.5. The number of fused-ring (bicyclic) bond motifs is 4. The summed E-state index contributed by atoms with van der Waals surface area (Å²) in [6.07, 6.45) is 1.50. The molecule has 0 aliphatic carbocycles. The van der Waals surface area contributed by atoms with E-state index in [1.807, 2.05) is 49.9 Å². The SMILES string of the molecule is COc1cccc2c1Oc1cc(Cl)ccc1N2C1CC2CCC(C1=O)N2C(=O)OC(C)(C)C. The predicted octanol–water partition coefficient (Wildman–Crippen LogP) is 5.70. The number of para-hydroxylation sites is 1. The largest absolute Gasteiger partial charge is 0.493 e. The van der Waals surface area contributed by atoms with Gasteiger partial charge in [-0.1, -0.05) is 17.7 Å². The molecule has 3 atom stereocenters. The molecule has 3 unspecified atom stereocenters. The van der Waals surface area contributed by atoms with Gasteiger partial charge in [-0.3, -0.25) is 9.69 Å². The zero-order valence-corrected chi connectivity index (χ0v) is 19.9. The summed E-state index contributed by atoms with van der Waals surface area (Å²) in [7, 11) is 1.58. The second kappa shape index (κ2) is 7.83. The molecule has 0 spiro atoms. The molecule has 0 radical (unpaired) electrons. The van der Waals surface area contributed by atoms with Gasteiger partial charge in [-0.15, -0.1) is 0 Å². The van der Waals surface area contributed by atoms with Gasteiger partial charge < -0.3 is 19.1 Å². The molecule has 0 saturated carbocycles. The van der Waals surface area contributed by atoms with Crippen LogP contribution in [0.25, 0.3) is 0 Å². The van der Waals surface area contributed by atoms with Crippen molar-refractivity contribution in [1.82, 2.24) is 4.90 Å². The number of hydrogen-bond acceptors (Lipinski definition) is 6. The molecule has 174 valence electrons.